The van der Waals surface area contributed by atoms with Gasteiger partial charge in [-0.05, 0) is 36.1 Å². The summed E-state index contributed by atoms with van der Waals surface area (Å²) in [5, 5.41) is 12.0. The molecule has 0 saturated carbocycles. The van der Waals surface area contributed by atoms with E-state index in [1.807, 2.05) is 54.6 Å². The van der Waals surface area contributed by atoms with Crippen LogP contribution in [0.4, 0.5) is 5.69 Å². The average molecular weight is 614 g/mol. The number of ether oxygens (including phenoxy) is 3. The summed E-state index contributed by atoms with van der Waals surface area (Å²) in [7, 11) is 2.81. The SMILES string of the molecule is CCOC(=O)C1=C(c2ccccc2)N=c2s/c(=C\c3cc(OC)c(OC)cc3[N+](=O)[O-])c(=O)n2[C@H]1c1ccc(C(C)C)cc1. The zero-order valence-corrected chi connectivity index (χ0v) is 25.7. The van der Waals surface area contributed by atoms with Crippen LogP contribution in [0.15, 0.2) is 82.1 Å². The summed E-state index contributed by atoms with van der Waals surface area (Å²) < 4.78 is 17.8. The number of aromatic nitrogens is 1. The van der Waals surface area contributed by atoms with Crippen molar-refractivity contribution in [3.05, 3.63) is 124 Å². The van der Waals surface area contributed by atoms with Gasteiger partial charge in [0, 0.05) is 5.56 Å². The Morgan fingerprint density at radius 2 is 1.73 bits per heavy atom. The van der Waals surface area contributed by atoms with E-state index in [1.54, 1.807) is 6.92 Å². The van der Waals surface area contributed by atoms with Gasteiger partial charge in [0.25, 0.3) is 11.2 Å². The Kier molecular flexibility index (Phi) is 8.77. The highest BCUT2D eigenvalue weighted by molar-refractivity contribution is 7.07. The lowest BCUT2D eigenvalue weighted by atomic mass is 9.91. The number of nitro groups is 1. The molecule has 0 radical (unpaired) electrons. The second-order valence-electron chi connectivity index (χ2n) is 10.3. The molecule has 1 atom stereocenters. The molecule has 0 unspecified atom stereocenters. The van der Waals surface area contributed by atoms with Crippen molar-refractivity contribution in [1.82, 2.24) is 4.57 Å². The van der Waals surface area contributed by atoms with Crippen LogP contribution in [0.5, 0.6) is 11.5 Å². The van der Waals surface area contributed by atoms with E-state index in [-0.39, 0.29) is 45.4 Å². The molecule has 0 saturated heterocycles. The minimum Gasteiger partial charge on any atom is -0.493 e. The van der Waals surface area contributed by atoms with Gasteiger partial charge < -0.3 is 14.2 Å². The summed E-state index contributed by atoms with van der Waals surface area (Å²) in [5.41, 5.74) is 2.56. The van der Waals surface area contributed by atoms with Crippen LogP contribution in [-0.2, 0) is 9.53 Å². The molecular weight excluding hydrogens is 582 g/mol. The summed E-state index contributed by atoms with van der Waals surface area (Å²) in [6.45, 7) is 6.03. The maximum absolute atomic E-state index is 14.2. The quantitative estimate of drug-likeness (QED) is 0.148. The van der Waals surface area contributed by atoms with Crippen LogP contribution < -0.4 is 24.4 Å². The van der Waals surface area contributed by atoms with Gasteiger partial charge in [0.15, 0.2) is 16.3 Å². The zero-order valence-electron chi connectivity index (χ0n) is 24.9. The van der Waals surface area contributed by atoms with E-state index in [9.17, 15) is 19.7 Å². The molecule has 0 N–H and O–H groups in total. The van der Waals surface area contributed by atoms with Crippen molar-refractivity contribution in [3.63, 3.8) is 0 Å². The topological polar surface area (TPSA) is 122 Å². The summed E-state index contributed by atoms with van der Waals surface area (Å²) in [5.74, 6) is 0.159. The van der Waals surface area contributed by atoms with Gasteiger partial charge in [-0.15, -0.1) is 0 Å². The number of esters is 1. The first-order valence-corrected chi connectivity index (χ1v) is 14.8. The number of nitro benzene ring substituents is 1. The van der Waals surface area contributed by atoms with Crippen LogP contribution in [-0.4, -0.2) is 36.3 Å². The van der Waals surface area contributed by atoms with Crippen LogP contribution in [0.2, 0.25) is 0 Å². The maximum atomic E-state index is 14.2. The number of fused-ring (bicyclic) bond motifs is 1. The highest BCUT2D eigenvalue weighted by Crippen LogP contribution is 2.37. The third kappa shape index (κ3) is 5.66. The average Bonchev–Trinajstić information content (AvgIpc) is 3.34. The normalized spacial score (nSPS) is 14.7. The summed E-state index contributed by atoms with van der Waals surface area (Å²) in [6.07, 6.45) is 1.44. The number of hydrogen-bond acceptors (Lipinski definition) is 9. The van der Waals surface area contributed by atoms with E-state index < -0.39 is 22.5 Å². The van der Waals surface area contributed by atoms with Gasteiger partial charge in [0.05, 0.1) is 59.2 Å². The predicted molar refractivity (Wildman–Crippen MR) is 168 cm³/mol. The molecule has 0 bridgehead atoms. The molecular formula is C33H31N3O7S. The fraction of sp³-hybridized carbons (Fsp3) is 0.242. The predicted octanol–water partition coefficient (Wildman–Crippen LogP) is 4.98. The van der Waals surface area contributed by atoms with E-state index in [0.29, 0.717) is 21.6 Å². The summed E-state index contributed by atoms with van der Waals surface area (Å²) in [6, 6.07) is 18.9. The minimum atomic E-state index is -0.857. The zero-order chi connectivity index (χ0) is 31.5. The fourth-order valence-corrected chi connectivity index (χ4v) is 6.11. The standard InChI is InChI=1S/C33H31N3O7S/c1-6-43-32(38)28-29(21-10-8-7-9-11-21)34-33-35(30(28)22-14-12-20(13-15-22)19(2)3)31(37)27(44-33)17-23-16-25(41-4)26(42-5)18-24(23)36(39)40/h7-19,30H,6H2,1-5H3/b27-17-/t30-/m0/s1. The Hall–Kier alpha value is -5.03. The van der Waals surface area contributed by atoms with Crippen LogP contribution >= 0.6 is 11.3 Å². The molecule has 4 aromatic rings. The Balaban J connectivity index is 1.83. The lowest BCUT2D eigenvalue weighted by Crippen LogP contribution is -2.40. The van der Waals surface area contributed by atoms with Crippen molar-refractivity contribution in [1.29, 1.82) is 0 Å². The van der Waals surface area contributed by atoms with E-state index in [2.05, 4.69) is 13.8 Å². The van der Waals surface area contributed by atoms with Crippen molar-refractivity contribution in [2.45, 2.75) is 32.7 Å². The molecule has 1 aliphatic heterocycles. The van der Waals surface area contributed by atoms with E-state index in [1.165, 1.54) is 37.0 Å². The lowest BCUT2D eigenvalue weighted by Gasteiger charge is -2.26. The minimum absolute atomic E-state index is 0.136. The van der Waals surface area contributed by atoms with Crippen molar-refractivity contribution in [2.75, 3.05) is 20.8 Å². The summed E-state index contributed by atoms with van der Waals surface area (Å²) >= 11 is 1.08. The number of rotatable bonds is 9. The second-order valence-corrected chi connectivity index (χ2v) is 11.3. The first-order chi connectivity index (χ1) is 21.2. The van der Waals surface area contributed by atoms with E-state index in [4.69, 9.17) is 19.2 Å². The van der Waals surface area contributed by atoms with Crippen molar-refractivity contribution in [2.24, 2.45) is 4.99 Å². The van der Waals surface area contributed by atoms with Crippen molar-refractivity contribution < 1.29 is 23.9 Å². The van der Waals surface area contributed by atoms with Gasteiger partial charge in [0.2, 0.25) is 0 Å². The van der Waals surface area contributed by atoms with Gasteiger partial charge in [-0.1, -0.05) is 79.8 Å². The number of benzene rings is 3. The monoisotopic (exact) mass is 613 g/mol. The first kappa shape index (κ1) is 30.4. The smallest absolute Gasteiger partial charge is 0.338 e. The maximum Gasteiger partial charge on any atom is 0.338 e. The molecule has 10 nitrogen and oxygen atoms in total. The number of methoxy groups -OCH3 is 2. The number of nitrogens with zero attached hydrogens (tertiary/aromatic N) is 3. The third-order valence-corrected chi connectivity index (χ3v) is 8.29. The molecule has 0 spiro atoms. The molecule has 0 aliphatic carbocycles. The highest BCUT2D eigenvalue weighted by Gasteiger charge is 2.35. The third-order valence-electron chi connectivity index (χ3n) is 7.31. The van der Waals surface area contributed by atoms with Gasteiger partial charge in [-0.3, -0.25) is 19.5 Å². The largest absolute Gasteiger partial charge is 0.493 e. The highest BCUT2D eigenvalue weighted by atomic mass is 32.1. The van der Waals surface area contributed by atoms with Crippen molar-refractivity contribution >= 4 is 34.8 Å². The van der Waals surface area contributed by atoms with Crippen LogP contribution in [0.25, 0.3) is 11.8 Å². The molecule has 226 valence electrons. The first-order valence-electron chi connectivity index (χ1n) is 14.0. The summed E-state index contributed by atoms with van der Waals surface area (Å²) in [4.78, 5) is 44.4. The number of carbonyl (C=O) groups excluding carboxylic acids is 1. The second kappa shape index (κ2) is 12.7. The Bertz CT molecular complexity index is 1940. The molecule has 5 rings (SSSR count). The van der Waals surface area contributed by atoms with Crippen LogP contribution in [0, 0.1) is 10.1 Å². The molecule has 2 heterocycles. The number of carbonyl (C=O) groups is 1. The van der Waals surface area contributed by atoms with Gasteiger partial charge >= 0.3 is 5.97 Å². The molecule has 11 heteroatoms. The molecule has 3 aromatic carbocycles. The molecule has 44 heavy (non-hydrogen) atoms. The molecule has 1 aliphatic rings. The molecule has 0 fully saturated rings. The van der Waals surface area contributed by atoms with E-state index >= 15 is 0 Å². The fourth-order valence-electron chi connectivity index (χ4n) is 5.12. The Morgan fingerprint density at radius 1 is 1.07 bits per heavy atom. The molecule has 1 aromatic heterocycles. The molecule has 0 amide bonds. The van der Waals surface area contributed by atoms with Crippen LogP contribution in [0.1, 0.15) is 55.0 Å². The number of hydrogen-bond donors (Lipinski definition) is 0. The van der Waals surface area contributed by atoms with Gasteiger partial charge in [-0.2, -0.15) is 0 Å². The van der Waals surface area contributed by atoms with Gasteiger partial charge in [-0.25, -0.2) is 9.79 Å². The van der Waals surface area contributed by atoms with Crippen molar-refractivity contribution in [3.8, 4) is 11.5 Å². The van der Waals surface area contributed by atoms with E-state index in [0.717, 1.165) is 16.9 Å². The Labute approximate surface area is 257 Å². The Morgan fingerprint density at radius 3 is 2.32 bits per heavy atom. The van der Waals surface area contributed by atoms with Crippen LogP contribution in [0.3, 0.4) is 0 Å². The number of thiazole rings is 1. The lowest BCUT2D eigenvalue weighted by molar-refractivity contribution is -0.385. The van der Waals surface area contributed by atoms with Gasteiger partial charge in [0.1, 0.15) is 0 Å².